The van der Waals surface area contributed by atoms with Crippen LogP contribution >= 0.6 is 0 Å². The Hall–Kier alpha value is -0.780. The molecular formula is C20H34. The molecule has 1 rings (SSSR count). The fraction of sp³-hybridized carbons (Fsp3) is 0.700. The number of aryl methyl sites for hydroxylation is 2. The van der Waals surface area contributed by atoms with E-state index in [1.165, 1.54) is 63.4 Å². The standard InChI is InChI=1S/C20H34/c1-6-9-12-18-15-16(4)19(13-10-7-2)17(5)20(18)14-11-8-3/h15H,6-14H2,1-5H3. The zero-order valence-electron chi connectivity index (χ0n) is 14.4. The average Bonchev–Trinajstić information content (AvgIpc) is 2.44. The Balaban J connectivity index is 3.10. The third-order valence-corrected chi connectivity index (χ3v) is 4.52. The molecule has 0 fully saturated rings. The summed E-state index contributed by atoms with van der Waals surface area (Å²) in [5, 5.41) is 0. The lowest BCUT2D eigenvalue weighted by atomic mass is 9.86. The van der Waals surface area contributed by atoms with Gasteiger partial charge >= 0.3 is 0 Å². The van der Waals surface area contributed by atoms with Crippen LogP contribution in [0.5, 0.6) is 0 Å². The van der Waals surface area contributed by atoms with E-state index in [0.717, 1.165) is 0 Å². The predicted octanol–water partition coefficient (Wildman–Crippen LogP) is 6.33. The first-order valence-electron chi connectivity index (χ1n) is 8.76. The second-order valence-electron chi connectivity index (χ2n) is 6.25. The molecule has 0 unspecified atom stereocenters. The van der Waals surface area contributed by atoms with Crippen LogP contribution in [0.15, 0.2) is 6.07 Å². The molecule has 0 radical (unpaired) electrons. The third-order valence-electron chi connectivity index (χ3n) is 4.52. The number of benzene rings is 1. The number of rotatable bonds is 9. The Kier molecular flexibility index (Phi) is 7.95. The molecule has 0 aromatic heterocycles. The summed E-state index contributed by atoms with van der Waals surface area (Å²) >= 11 is 0. The molecule has 1 aromatic rings. The zero-order valence-corrected chi connectivity index (χ0v) is 14.4. The number of hydrogen-bond acceptors (Lipinski definition) is 0. The average molecular weight is 274 g/mol. The summed E-state index contributed by atoms with van der Waals surface area (Å²) in [6.07, 6.45) is 11.7. The summed E-state index contributed by atoms with van der Waals surface area (Å²) in [6.45, 7) is 11.6. The van der Waals surface area contributed by atoms with Crippen LogP contribution in [0.25, 0.3) is 0 Å². The summed E-state index contributed by atoms with van der Waals surface area (Å²) in [4.78, 5) is 0. The van der Waals surface area contributed by atoms with E-state index in [0.29, 0.717) is 0 Å². The first-order chi connectivity index (χ1) is 9.65. The Morgan fingerprint density at radius 2 is 1.20 bits per heavy atom. The molecule has 0 heterocycles. The van der Waals surface area contributed by atoms with Gasteiger partial charge in [0, 0.05) is 0 Å². The van der Waals surface area contributed by atoms with Crippen molar-refractivity contribution in [2.45, 2.75) is 92.4 Å². The minimum absolute atomic E-state index is 1.27. The highest BCUT2D eigenvalue weighted by Crippen LogP contribution is 2.27. The van der Waals surface area contributed by atoms with Gasteiger partial charge in [0.2, 0.25) is 0 Å². The molecular weight excluding hydrogens is 240 g/mol. The highest BCUT2D eigenvalue weighted by molar-refractivity contribution is 5.45. The van der Waals surface area contributed by atoms with Gasteiger partial charge in [-0.2, -0.15) is 0 Å². The van der Waals surface area contributed by atoms with E-state index in [9.17, 15) is 0 Å². The molecule has 1 aromatic carbocycles. The molecule has 0 aliphatic rings. The van der Waals surface area contributed by atoms with E-state index in [2.05, 4.69) is 40.7 Å². The van der Waals surface area contributed by atoms with Gasteiger partial charge < -0.3 is 0 Å². The van der Waals surface area contributed by atoms with E-state index in [1.807, 2.05) is 0 Å². The van der Waals surface area contributed by atoms with E-state index in [1.54, 1.807) is 22.3 Å². The first-order valence-corrected chi connectivity index (χ1v) is 8.76. The topological polar surface area (TPSA) is 0 Å². The quantitative estimate of drug-likeness (QED) is 0.493. The second-order valence-corrected chi connectivity index (χ2v) is 6.25. The lowest BCUT2D eigenvalue weighted by Gasteiger charge is -2.19. The largest absolute Gasteiger partial charge is 0.0654 e. The van der Waals surface area contributed by atoms with Gasteiger partial charge in [0.15, 0.2) is 0 Å². The van der Waals surface area contributed by atoms with Crippen LogP contribution in [0.2, 0.25) is 0 Å². The van der Waals surface area contributed by atoms with Gasteiger partial charge in [-0.25, -0.2) is 0 Å². The van der Waals surface area contributed by atoms with Crippen LogP contribution in [0.4, 0.5) is 0 Å². The van der Waals surface area contributed by atoms with Gasteiger partial charge in [-0.1, -0.05) is 46.1 Å². The van der Waals surface area contributed by atoms with Crippen molar-refractivity contribution >= 4 is 0 Å². The maximum absolute atomic E-state index is 2.50. The van der Waals surface area contributed by atoms with Crippen LogP contribution < -0.4 is 0 Å². The molecule has 0 atom stereocenters. The van der Waals surface area contributed by atoms with Crippen LogP contribution in [-0.2, 0) is 19.3 Å². The molecule has 20 heavy (non-hydrogen) atoms. The van der Waals surface area contributed by atoms with Crippen molar-refractivity contribution in [3.8, 4) is 0 Å². The highest BCUT2D eigenvalue weighted by Gasteiger charge is 2.12. The van der Waals surface area contributed by atoms with Gasteiger partial charge in [-0.3, -0.25) is 0 Å². The van der Waals surface area contributed by atoms with Crippen molar-refractivity contribution in [2.75, 3.05) is 0 Å². The smallest absolute Gasteiger partial charge is 0.0274 e. The molecule has 0 aliphatic heterocycles. The lowest BCUT2D eigenvalue weighted by molar-refractivity contribution is 0.743. The van der Waals surface area contributed by atoms with Gasteiger partial charge in [-0.15, -0.1) is 0 Å². The minimum atomic E-state index is 1.27. The summed E-state index contributed by atoms with van der Waals surface area (Å²) in [5.41, 5.74) is 8.09. The summed E-state index contributed by atoms with van der Waals surface area (Å²) < 4.78 is 0. The Morgan fingerprint density at radius 1 is 0.700 bits per heavy atom. The molecule has 0 nitrogen and oxygen atoms in total. The minimum Gasteiger partial charge on any atom is -0.0654 e. The van der Waals surface area contributed by atoms with Crippen molar-refractivity contribution in [1.82, 2.24) is 0 Å². The normalized spacial score (nSPS) is 11.1. The van der Waals surface area contributed by atoms with Crippen molar-refractivity contribution in [3.05, 3.63) is 33.9 Å². The number of unbranched alkanes of at least 4 members (excludes halogenated alkanes) is 3. The van der Waals surface area contributed by atoms with Gasteiger partial charge in [0.05, 0.1) is 0 Å². The zero-order chi connectivity index (χ0) is 15.0. The van der Waals surface area contributed by atoms with Crippen LogP contribution in [0.1, 0.15) is 87.1 Å². The Bertz CT molecular complexity index is 401. The SMILES string of the molecule is CCCCc1cc(C)c(CCCC)c(C)c1CCCC. The summed E-state index contributed by atoms with van der Waals surface area (Å²) in [5.74, 6) is 0. The van der Waals surface area contributed by atoms with Gasteiger partial charge in [0.25, 0.3) is 0 Å². The van der Waals surface area contributed by atoms with Crippen molar-refractivity contribution in [2.24, 2.45) is 0 Å². The molecule has 114 valence electrons. The fourth-order valence-electron chi connectivity index (χ4n) is 3.18. The summed E-state index contributed by atoms with van der Waals surface area (Å²) in [7, 11) is 0. The maximum Gasteiger partial charge on any atom is -0.0274 e. The Morgan fingerprint density at radius 3 is 1.75 bits per heavy atom. The monoisotopic (exact) mass is 274 g/mol. The van der Waals surface area contributed by atoms with Crippen LogP contribution in [0.3, 0.4) is 0 Å². The third kappa shape index (κ3) is 4.65. The van der Waals surface area contributed by atoms with Gasteiger partial charge in [-0.05, 0) is 80.2 Å². The maximum atomic E-state index is 2.50. The first kappa shape index (κ1) is 17.3. The van der Waals surface area contributed by atoms with Crippen LogP contribution in [0, 0.1) is 13.8 Å². The van der Waals surface area contributed by atoms with E-state index < -0.39 is 0 Å². The molecule has 0 saturated carbocycles. The molecule has 0 heteroatoms. The molecule has 0 amide bonds. The lowest BCUT2D eigenvalue weighted by Crippen LogP contribution is -2.05. The van der Waals surface area contributed by atoms with E-state index in [-0.39, 0.29) is 0 Å². The molecule has 0 spiro atoms. The van der Waals surface area contributed by atoms with Crippen molar-refractivity contribution in [1.29, 1.82) is 0 Å². The number of hydrogen-bond donors (Lipinski definition) is 0. The second kappa shape index (κ2) is 9.21. The van der Waals surface area contributed by atoms with E-state index in [4.69, 9.17) is 0 Å². The van der Waals surface area contributed by atoms with Gasteiger partial charge in [0.1, 0.15) is 0 Å². The fourth-order valence-corrected chi connectivity index (χ4v) is 3.18. The molecule has 0 N–H and O–H groups in total. The highest BCUT2D eigenvalue weighted by atomic mass is 14.2. The summed E-state index contributed by atoms with van der Waals surface area (Å²) in [6, 6.07) is 2.50. The van der Waals surface area contributed by atoms with Crippen LogP contribution in [-0.4, -0.2) is 0 Å². The predicted molar refractivity (Wildman–Crippen MR) is 91.8 cm³/mol. The van der Waals surface area contributed by atoms with E-state index >= 15 is 0 Å². The Labute approximate surface area is 127 Å². The van der Waals surface area contributed by atoms with Crippen molar-refractivity contribution in [3.63, 3.8) is 0 Å². The molecule has 0 aliphatic carbocycles. The molecule has 0 saturated heterocycles. The molecule has 0 bridgehead atoms. The van der Waals surface area contributed by atoms with Crippen molar-refractivity contribution < 1.29 is 0 Å².